The molecule has 8 heteroatoms. The van der Waals surface area contributed by atoms with Crippen LogP contribution in [0.4, 0.5) is 5.69 Å². The zero-order valence-corrected chi connectivity index (χ0v) is 21.0. The standard InChI is InChI=1S/C22H31ClIN3O3/c1-15(5-8-20-28-22(4,14-24)21(2,3)30-29-20)25-11-12-27-18-9-10-26-19-13-16(23)6-7-17(18)19/h6-7,9-10,13,15,20,25H,5,8,11-12,14H2,1-4H3,(H,26,27)/p+1. The van der Waals surface area contributed by atoms with Gasteiger partial charge in [0.05, 0.1) is 24.6 Å². The van der Waals surface area contributed by atoms with Gasteiger partial charge in [-0.1, -0.05) is 34.2 Å². The van der Waals surface area contributed by atoms with Crippen molar-refractivity contribution < 1.29 is 19.8 Å². The fraction of sp³-hybridized carbons (Fsp3) is 0.591. The molecular weight excluding hydrogens is 517 g/mol. The van der Waals surface area contributed by atoms with E-state index in [1.165, 1.54) is 0 Å². The topological polar surface area (TPSA) is 69.2 Å². The molecule has 1 saturated heterocycles. The lowest BCUT2D eigenvalue weighted by Gasteiger charge is -2.47. The zero-order valence-electron chi connectivity index (χ0n) is 18.1. The number of fused-ring (bicyclic) bond motifs is 1. The summed E-state index contributed by atoms with van der Waals surface area (Å²) in [4.78, 5) is 15.5. The molecule has 0 amide bonds. The van der Waals surface area contributed by atoms with Crippen LogP contribution in [0.25, 0.3) is 10.9 Å². The first kappa shape index (κ1) is 23.9. The van der Waals surface area contributed by atoms with Gasteiger partial charge in [-0.05, 0) is 52.0 Å². The lowest BCUT2D eigenvalue weighted by molar-refractivity contribution is -0.684. The minimum atomic E-state index is -0.462. The summed E-state index contributed by atoms with van der Waals surface area (Å²) >= 11 is 8.41. The lowest BCUT2D eigenvalue weighted by Crippen LogP contribution is -2.90. The maximum atomic E-state index is 6.23. The molecule has 166 valence electrons. The molecule has 3 rings (SSSR count). The van der Waals surface area contributed by atoms with Crippen molar-refractivity contribution >= 4 is 50.8 Å². The third-order valence-corrected chi connectivity index (χ3v) is 7.57. The normalized spacial score (nSPS) is 24.7. The van der Waals surface area contributed by atoms with Crippen molar-refractivity contribution in [1.29, 1.82) is 0 Å². The quantitative estimate of drug-likeness (QED) is 0.212. The second-order valence-electron chi connectivity index (χ2n) is 8.63. The van der Waals surface area contributed by atoms with E-state index in [0.717, 1.165) is 46.9 Å². The summed E-state index contributed by atoms with van der Waals surface area (Å²) in [5.74, 6) is 0. The molecule has 0 radical (unpaired) electrons. The average molecular weight is 549 g/mol. The van der Waals surface area contributed by atoms with Crippen LogP contribution in [0, 0.1) is 0 Å². The molecule has 2 heterocycles. The molecule has 2 aromatic rings. The van der Waals surface area contributed by atoms with Gasteiger partial charge in [0.15, 0.2) is 6.29 Å². The number of nitrogens with one attached hydrogen (secondary N) is 1. The van der Waals surface area contributed by atoms with Crippen LogP contribution in [0.2, 0.25) is 5.02 Å². The van der Waals surface area contributed by atoms with Gasteiger partial charge in [-0.3, -0.25) is 4.98 Å². The van der Waals surface area contributed by atoms with Crippen LogP contribution in [-0.2, 0) is 14.5 Å². The molecule has 1 aromatic heterocycles. The van der Waals surface area contributed by atoms with Gasteiger partial charge in [0.25, 0.3) is 0 Å². The summed E-state index contributed by atoms with van der Waals surface area (Å²) in [6.07, 6.45) is 3.29. The summed E-state index contributed by atoms with van der Waals surface area (Å²) in [6.45, 7) is 10.2. The van der Waals surface area contributed by atoms with E-state index in [1.54, 1.807) is 0 Å². The number of nitrogens with zero attached hydrogens (tertiary/aromatic N) is 1. The first-order chi connectivity index (χ1) is 14.2. The van der Waals surface area contributed by atoms with Crippen LogP contribution in [-0.4, -0.2) is 46.0 Å². The number of hydrogen-bond donors (Lipinski definition) is 2. The average Bonchev–Trinajstić information content (AvgIpc) is 2.72. The minimum absolute atomic E-state index is 0.318. The predicted molar refractivity (Wildman–Crippen MR) is 129 cm³/mol. The highest BCUT2D eigenvalue weighted by Crippen LogP contribution is 2.38. The Hall–Kier alpha value is -0.710. The van der Waals surface area contributed by atoms with Gasteiger partial charge >= 0.3 is 0 Å². The van der Waals surface area contributed by atoms with Gasteiger partial charge in [-0.25, -0.2) is 9.78 Å². The Balaban J connectivity index is 1.40. The zero-order chi connectivity index (χ0) is 21.8. The van der Waals surface area contributed by atoms with Gasteiger partial charge in [0, 0.05) is 39.6 Å². The number of anilines is 1. The summed E-state index contributed by atoms with van der Waals surface area (Å²) in [5.41, 5.74) is 1.17. The van der Waals surface area contributed by atoms with E-state index in [2.05, 4.69) is 52.1 Å². The molecule has 0 aliphatic carbocycles. The molecule has 0 bridgehead atoms. The molecular formula is C22H32ClIN3O3+. The molecule has 3 unspecified atom stereocenters. The van der Waals surface area contributed by atoms with Crippen molar-refractivity contribution in [2.24, 2.45) is 0 Å². The van der Waals surface area contributed by atoms with E-state index in [-0.39, 0.29) is 11.9 Å². The van der Waals surface area contributed by atoms with E-state index < -0.39 is 5.60 Å². The number of nitrogens with two attached hydrogens (primary N) is 1. The van der Waals surface area contributed by atoms with E-state index in [1.807, 2.05) is 44.3 Å². The van der Waals surface area contributed by atoms with Crippen LogP contribution in [0.5, 0.6) is 0 Å². The van der Waals surface area contributed by atoms with Crippen LogP contribution in [0.3, 0.4) is 0 Å². The third kappa shape index (κ3) is 5.75. The molecule has 1 aliphatic rings. The Kier molecular flexibility index (Phi) is 8.20. The molecule has 0 saturated carbocycles. The first-order valence-corrected chi connectivity index (χ1v) is 12.3. The number of hydrogen-bond acceptors (Lipinski definition) is 5. The second kappa shape index (κ2) is 10.3. The maximum Gasteiger partial charge on any atom is 0.192 e. The van der Waals surface area contributed by atoms with E-state index >= 15 is 0 Å². The van der Waals surface area contributed by atoms with Crippen molar-refractivity contribution in [3.05, 3.63) is 35.5 Å². The number of halogens is 2. The fourth-order valence-corrected chi connectivity index (χ4v) is 4.64. The molecule has 3 atom stereocenters. The maximum absolute atomic E-state index is 6.23. The van der Waals surface area contributed by atoms with Crippen molar-refractivity contribution in [3.8, 4) is 0 Å². The fourth-order valence-electron chi connectivity index (χ4n) is 3.38. The minimum Gasteiger partial charge on any atom is -0.379 e. The van der Waals surface area contributed by atoms with Gasteiger partial charge < -0.3 is 15.4 Å². The Morgan fingerprint density at radius 2 is 2.10 bits per heavy atom. The van der Waals surface area contributed by atoms with Gasteiger partial charge in [-0.2, -0.15) is 0 Å². The van der Waals surface area contributed by atoms with Gasteiger partial charge in [0.2, 0.25) is 0 Å². The molecule has 1 fully saturated rings. The Morgan fingerprint density at radius 1 is 1.30 bits per heavy atom. The van der Waals surface area contributed by atoms with Crippen LogP contribution >= 0.6 is 34.2 Å². The third-order valence-electron chi connectivity index (χ3n) is 5.88. The molecule has 3 N–H and O–H groups in total. The summed E-state index contributed by atoms with van der Waals surface area (Å²) in [7, 11) is 0. The molecule has 0 spiro atoms. The van der Waals surface area contributed by atoms with E-state index in [0.29, 0.717) is 11.1 Å². The first-order valence-electron chi connectivity index (χ1n) is 10.4. The van der Waals surface area contributed by atoms with Crippen molar-refractivity contribution in [3.63, 3.8) is 0 Å². The summed E-state index contributed by atoms with van der Waals surface area (Å²) < 4.78 is 7.07. The number of alkyl halides is 1. The van der Waals surface area contributed by atoms with E-state index in [9.17, 15) is 0 Å². The smallest absolute Gasteiger partial charge is 0.192 e. The summed E-state index contributed by atoms with van der Waals surface area (Å²) in [5, 5.41) is 7.64. The Morgan fingerprint density at radius 3 is 2.87 bits per heavy atom. The van der Waals surface area contributed by atoms with Gasteiger partial charge in [0.1, 0.15) is 11.2 Å². The van der Waals surface area contributed by atoms with Crippen molar-refractivity contribution in [1.82, 2.24) is 4.98 Å². The largest absolute Gasteiger partial charge is 0.379 e. The SMILES string of the molecule is CC(CCC1OOC(C)(C)C(C)(CI)O1)[NH2+]CCNc1ccnc2cc(Cl)ccc12. The van der Waals surface area contributed by atoms with Crippen LogP contribution < -0.4 is 10.6 Å². The highest BCUT2D eigenvalue weighted by atomic mass is 127. The highest BCUT2D eigenvalue weighted by molar-refractivity contribution is 14.1. The van der Waals surface area contributed by atoms with Crippen molar-refractivity contribution in [2.45, 2.75) is 64.1 Å². The Labute approximate surface area is 197 Å². The second-order valence-corrected chi connectivity index (χ2v) is 9.83. The number of aromatic nitrogens is 1. The number of pyridine rings is 1. The van der Waals surface area contributed by atoms with E-state index in [4.69, 9.17) is 26.1 Å². The molecule has 6 nitrogen and oxygen atoms in total. The molecule has 30 heavy (non-hydrogen) atoms. The highest BCUT2D eigenvalue weighted by Gasteiger charge is 2.49. The van der Waals surface area contributed by atoms with Crippen LogP contribution in [0.1, 0.15) is 40.5 Å². The predicted octanol–water partition coefficient (Wildman–Crippen LogP) is 4.31. The van der Waals surface area contributed by atoms with Crippen molar-refractivity contribution in [2.75, 3.05) is 22.8 Å². The number of rotatable bonds is 9. The monoisotopic (exact) mass is 548 g/mol. The number of quaternary nitrogens is 1. The number of benzene rings is 1. The summed E-state index contributed by atoms with van der Waals surface area (Å²) in [6, 6.07) is 8.26. The molecule has 1 aliphatic heterocycles. The van der Waals surface area contributed by atoms with Gasteiger partial charge in [-0.15, -0.1) is 0 Å². The lowest BCUT2D eigenvalue weighted by atomic mass is 9.89. The molecule has 1 aromatic carbocycles. The van der Waals surface area contributed by atoms with Crippen LogP contribution in [0.15, 0.2) is 30.5 Å². The Bertz CT molecular complexity index is 853. The number of ether oxygens (including phenoxy) is 1.